The van der Waals surface area contributed by atoms with Gasteiger partial charge in [-0.25, -0.2) is 0 Å². The summed E-state index contributed by atoms with van der Waals surface area (Å²) in [4.78, 5) is 0.313. The van der Waals surface area contributed by atoms with Gasteiger partial charge >= 0.3 is 0 Å². The molecule has 0 aliphatic heterocycles. The lowest BCUT2D eigenvalue weighted by Crippen LogP contribution is -2.20. The molecule has 0 unspecified atom stereocenters. The first kappa shape index (κ1) is 21.7. The van der Waals surface area contributed by atoms with Crippen molar-refractivity contribution in [3.8, 4) is 0 Å². The molecule has 1 atom stereocenters. The van der Waals surface area contributed by atoms with Crippen LogP contribution in [-0.4, -0.2) is 21.1 Å². The Balaban J connectivity index is 3.47. The Kier molecular flexibility index (Phi) is 7.69. The van der Waals surface area contributed by atoms with Crippen molar-refractivity contribution in [3.63, 3.8) is 0 Å². The average molecular weight is 369 g/mol. The molecule has 0 amide bonds. The highest BCUT2D eigenvalue weighted by atomic mass is 32.2. The van der Waals surface area contributed by atoms with Crippen LogP contribution in [0.5, 0.6) is 0 Å². The molecule has 0 aliphatic carbocycles. The third kappa shape index (κ3) is 5.58. The van der Waals surface area contributed by atoms with E-state index in [9.17, 15) is 8.42 Å². The minimum Gasteiger partial charge on any atom is -0.496 e. The van der Waals surface area contributed by atoms with E-state index in [0.29, 0.717) is 10.8 Å². The summed E-state index contributed by atoms with van der Waals surface area (Å²) in [7, 11) is -3.88. The standard InChI is InChI=1S/C20H32O4S/c1-9-23-16(8)12-24-25(21,22)20-18(14(4)5)10-17(13(2)3)11-19(20)15(6)7/h9-11,13-16H,1,12H2,2-8H3/t16-/m0/s1. The van der Waals surface area contributed by atoms with E-state index in [0.717, 1.165) is 16.7 Å². The number of hydrogen-bond donors (Lipinski definition) is 0. The minimum absolute atomic E-state index is 0.0463. The van der Waals surface area contributed by atoms with Crippen molar-refractivity contribution in [1.82, 2.24) is 0 Å². The van der Waals surface area contributed by atoms with Crippen LogP contribution in [0.3, 0.4) is 0 Å². The average Bonchev–Trinajstić information content (AvgIpc) is 2.51. The van der Waals surface area contributed by atoms with Crippen LogP contribution in [-0.2, 0) is 19.0 Å². The highest BCUT2D eigenvalue weighted by molar-refractivity contribution is 7.86. The second kappa shape index (κ2) is 8.86. The normalized spacial score (nSPS) is 13.5. The summed E-state index contributed by atoms with van der Waals surface area (Å²) in [6, 6.07) is 4.00. The fourth-order valence-corrected chi connectivity index (χ4v) is 4.28. The highest BCUT2D eigenvalue weighted by Gasteiger charge is 2.28. The lowest BCUT2D eigenvalue weighted by Gasteiger charge is -2.23. The summed E-state index contributed by atoms with van der Waals surface area (Å²) in [5.41, 5.74) is 2.77. The Bertz CT molecular complexity index is 659. The van der Waals surface area contributed by atoms with Gasteiger partial charge in [0, 0.05) is 0 Å². The third-order valence-electron chi connectivity index (χ3n) is 4.12. The molecule has 0 N–H and O–H groups in total. The van der Waals surface area contributed by atoms with Crippen molar-refractivity contribution in [1.29, 1.82) is 0 Å². The van der Waals surface area contributed by atoms with Gasteiger partial charge in [-0.1, -0.05) is 60.3 Å². The van der Waals surface area contributed by atoms with E-state index < -0.39 is 10.1 Å². The predicted molar refractivity (Wildman–Crippen MR) is 103 cm³/mol. The monoisotopic (exact) mass is 368 g/mol. The Morgan fingerprint density at radius 1 is 0.960 bits per heavy atom. The molecule has 1 aromatic carbocycles. The van der Waals surface area contributed by atoms with Gasteiger partial charge in [-0.05, 0) is 41.4 Å². The Hall–Kier alpha value is -1.33. The molecule has 1 rings (SSSR count). The van der Waals surface area contributed by atoms with Crippen LogP contribution in [0.25, 0.3) is 0 Å². The van der Waals surface area contributed by atoms with Gasteiger partial charge in [-0.2, -0.15) is 8.42 Å². The lowest BCUT2D eigenvalue weighted by atomic mass is 9.89. The summed E-state index contributed by atoms with van der Waals surface area (Å²) in [6.45, 7) is 17.4. The molecule has 0 bridgehead atoms. The van der Waals surface area contributed by atoms with Crippen LogP contribution < -0.4 is 0 Å². The Morgan fingerprint density at radius 2 is 1.44 bits per heavy atom. The lowest BCUT2D eigenvalue weighted by molar-refractivity contribution is 0.106. The van der Waals surface area contributed by atoms with Crippen molar-refractivity contribution in [3.05, 3.63) is 41.7 Å². The van der Waals surface area contributed by atoms with Crippen molar-refractivity contribution in [2.45, 2.75) is 77.2 Å². The molecule has 0 heterocycles. The Labute approximate surface area is 153 Å². The molecular weight excluding hydrogens is 336 g/mol. The van der Waals surface area contributed by atoms with E-state index in [4.69, 9.17) is 8.92 Å². The quantitative estimate of drug-likeness (QED) is 0.438. The van der Waals surface area contributed by atoms with Gasteiger partial charge in [0.25, 0.3) is 10.1 Å². The van der Waals surface area contributed by atoms with E-state index in [1.54, 1.807) is 6.92 Å². The van der Waals surface area contributed by atoms with Gasteiger partial charge in [-0.3, -0.25) is 4.18 Å². The number of ether oxygens (including phenoxy) is 1. The maximum absolute atomic E-state index is 13.0. The van der Waals surface area contributed by atoms with Crippen molar-refractivity contribution >= 4 is 10.1 Å². The molecule has 4 nitrogen and oxygen atoms in total. The van der Waals surface area contributed by atoms with E-state index in [-0.39, 0.29) is 24.5 Å². The first-order valence-electron chi connectivity index (χ1n) is 8.84. The topological polar surface area (TPSA) is 52.6 Å². The summed E-state index contributed by atoms with van der Waals surface area (Å²) in [6.07, 6.45) is 0.907. The summed E-state index contributed by atoms with van der Waals surface area (Å²) in [5, 5.41) is 0. The minimum atomic E-state index is -3.88. The maximum Gasteiger partial charge on any atom is 0.297 e. The van der Waals surface area contributed by atoms with Crippen LogP contribution in [0.15, 0.2) is 29.9 Å². The molecule has 0 fully saturated rings. The number of rotatable bonds is 9. The first-order valence-corrected chi connectivity index (χ1v) is 10.3. The molecule has 25 heavy (non-hydrogen) atoms. The van der Waals surface area contributed by atoms with Crippen LogP contribution >= 0.6 is 0 Å². The maximum atomic E-state index is 13.0. The van der Waals surface area contributed by atoms with Gasteiger partial charge in [0.05, 0.1) is 6.26 Å². The molecule has 1 aromatic rings. The zero-order chi connectivity index (χ0) is 19.4. The van der Waals surface area contributed by atoms with Crippen LogP contribution in [0, 0.1) is 0 Å². The molecule has 0 radical (unpaired) electrons. The van der Waals surface area contributed by atoms with Gasteiger partial charge < -0.3 is 4.74 Å². The molecule has 0 aromatic heterocycles. The summed E-state index contributed by atoms with van der Waals surface area (Å²) >= 11 is 0. The number of hydrogen-bond acceptors (Lipinski definition) is 4. The van der Waals surface area contributed by atoms with Gasteiger partial charge in [-0.15, -0.1) is 0 Å². The predicted octanol–water partition coefficient (Wildman–Crippen LogP) is 5.31. The molecule has 5 heteroatoms. The van der Waals surface area contributed by atoms with Gasteiger partial charge in [0.1, 0.15) is 17.6 Å². The second-order valence-corrected chi connectivity index (χ2v) is 8.90. The Morgan fingerprint density at radius 3 is 1.80 bits per heavy atom. The highest BCUT2D eigenvalue weighted by Crippen LogP contribution is 2.35. The van der Waals surface area contributed by atoms with Crippen molar-refractivity contribution in [2.75, 3.05) is 6.61 Å². The smallest absolute Gasteiger partial charge is 0.297 e. The molecule has 0 saturated carbocycles. The first-order chi connectivity index (χ1) is 11.5. The second-order valence-electron chi connectivity index (χ2n) is 7.34. The van der Waals surface area contributed by atoms with E-state index >= 15 is 0 Å². The van der Waals surface area contributed by atoms with Crippen LogP contribution in [0.2, 0.25) is 0 Å². The molecule has 0 saturated heterocycles. The van der Waals surface area contributed by atoms with Crippen molar-refractivity contribution < 1.29 is 17.3 Å². The van der Waals surface area contributed by atoms with E-state index in [1.807, 2.05) is 39.8 Å². The molecule has 0 spiro atoms. The number of benzene rings is 1. The van der Waals surface area contributed by atoms with Crippen LogP contribution in [0.4, 0.5) is 0 Å². The summed E-state index contributed by atoms with van der Waals surface area (Å²) in [5.74, 6) is 0.478. The van der Waals surface area contributed by atoms with Crippen LogP contribution in [0.1, 0.15) is 82.9 Å². The zero-order valence-electron chi connectivity index (χ0n) is 16.5. The van der Waals surface area contributed by atoms with E-state index in [1.165, 1.54) is 6.26 Å². The largest absolute Gasteiger partial charge is 0.496 e. The van der Waals surface area contributed by atoms with Crippen molar-refractivity contribution in [2.24, 2.45) is 0 Å². The fourth-order valence-electron chi connectivity index (χ4n) is 2.63. The SMILES string of the molecule is C=CO[C@@H](C)COS(=O)(=O)c1c(C(C)C)cc(C(C)C)cc1C(C)C. The fraction of sp³-hybridized carbons (Fsp3) is 0.600. The zero-order valence-corrected chi connectivity index (χ0v) is 17.3. The van der Waals surface area contributed by atoms with Gasteiger partial charge in [0.2, 0.25) is 0 Å². The molecular formula is C20H32O4S. The molecule has 142 valence electrons. The third-order valence-corrected chi connectivity index (χ3v) is 5.53. The summed E-state index contributed by atoms with van der Waals surface area (Å²) < 4.78 is 36.4. The molecule has 0 aliphatic rings. The van der Waals surface area contributed by atoms with Gasteiger partial charge in [0.15, 0.2) is 0 Å². The van der Waals surface area contributed by atoms with E-state index in [2.05, 4.69) is 20.4 Å².